The largest absolute Gasteiger partial charge is 0.490 e. The number of alkyl halides is 3. The van der Waals surface area contributed by atoms with Crippen molar-refractivity contribution >= 4 is 23.5 Å². The number of benzene rings is 2. The molecule has 0 fully saturated rings. The first kappa shape index (κ1) is 30.0. The van der Waals surface area contributed by atoms with Gasteiger partial charge in [0.1, 0.15) is 12.4 Å². The number of likely N-dealkylation sites (N-methyl/N-ethyl adjacent to an activating group) is 1. The smallest absolute Gasteiger partial charge is 0.490 e. The van der Waals surface area contributed by atoms with Crippen LogP contribution in [0, 0.1) is 5.41 Å². The Morgan fingerprint density at radius 1 is 1.08 bits per heavy atom. The number of hydrogen-bond donors (Lipinski definition) is 5. The first-order chi connectivity index (χ1) is 16.8. The van der Waals surface area contributed by atoms with Crippen LogP contribution in [0.1, 0.15) is 24.1 Å². The number of nitrogens with one attached hydrogen (secondary N) is 2. The summed E-state index contributed by atoms with van der Waals surface area (Å²) in [6.07, 6.45) is -5.08. The van der Waals surface area contributed by atoms with Gasteiger partial charge in [0.05, 0.1) is 6.61 Å². The summed E-state index contributed by atoms with van der Waals surface area (Å²) in [5.74, 6) is -2.74. The molecule has 1 unspecified atom stereocenters. The zero-order valence-corrected chi connectivity index (χ0v) is 19.9. The Kier molecular flexibility index (Phi) is 11.5. The summed E-state index contributed by atoms with van der Waals surface area (Å²) < 4.78 is 43.2. The quantitative estimate of drug-likeness (QED) is 0.224. The van der Waals surface area contributed by atoms with Crippen molar-refractivity contribution in [2.45, 2.75) is 19.1 Å². The highest BCUT2D eigenvalue weighted by atomic mass is 19.4. The maximum Gasteiger partial charge on any atom is 0.490 e. The summed E-state index contributed by atoms with van der Waals surface area (Å²) in [6, 6.07) is 10.9. The minimum Gasteiger partial charge on any atom is -0.490 e. The van der Waals surface area contributed by atoms with Crippen molar-refractivity contribution in [3.63, 3.8) is 0 Å². The molecule has 0 radical (unpaired) electrons. The second-order valence-corrected chi connectivity index (χ2v) is 7.50. The molecular formula is C23H29F3N4O6. The minimum absolute atomic E-state index is 0.0439. The fourth-order valence-electron chi connectivity index (χ4n) is 2.63. The van der Waals surface area contributed by atoms with Crippen LogP contribution in [0.5, 0.6) is 11.5 Å². The van der Waals surface area contributed by atoms with Crippen LogP contribution in [0.3, 0.4) is 0 Å². The van der Waals surface area contributed by atoms with Gasteiger partial charge in [-0.05, 0) is 63.0 Å². The zero-order chi connectivity index (χ0) is 27.5. The number of ether oxygens (including phenoxy) is 2. The van der Waals surface area contributed by atoms with Crippen LogP contribution in [0.2, 0.25) is 0 Å². The normalized spacial score (nSPS) is 11.6. The van der Waals surface area contributed by atoms with Gasteiger partial charge in [0.25, 0.3) is 0 Å². The second-order valence-electron chi connectivity index (χ2n) is 7.50. The molecule has 10 nitrogen and oxygen atoms in total. The van der Waals surface area contributed by atoms with E-state index in [0.29, 0.717) is 41.5 Å². The second kappa shape index (κ2) is 13.8. The fraction of sp³-hybridized carbons (Fsp3) is 0.348. The van der Waals surface area contributed by atoms with Crippen LogP contribution in [-0.4, -0.2) is 72.9 Å². The van der Waals surface area contributed by atoms with Gasteiger partial charge in [0, 0.05) is 17.8 Å². The van der Waals surface area contributed by atoms with Crippen molar-refractivity contribution in [3.8, 4) is 11.5 Å². The summed E-state index contributed by atoms with van der Waals surface area (Å²) in [5.41, 5.74) is 7.17. The monoisotopic (exact) mass is 514 g/mol. The molecule has 1 atom stereocenters. The lowest BCUT2D eigenvalue weighted by Crippen LogP contribution is -2.21. The SMILES string of the molecule is CCOc1cc(C(Nc2ccc(C(=N)N)cc2)C(=O)O)ccc1OCCN(C)C.O=C(O)C(F)(F)F. The fourth-order valence-corrected chi connectivity index (χ4v) is 2.63. The maximum atomic E-state index is 11.9. The van der Waals surface area contributed by atoms with Gasteiger partial charge >= 0.3 is 18.1 Å². The van der Waals surface area contributed by atoms with Crippen LogP contribution in [0.15, 0.2) is 42.5 Å². The first-order valence-electron chi connectivity index (χ1n) is 10.5. The van der Waals surface area contributed by atoms with E-state index in [1.807, 2.05) is 25.9 Å². The number of rotatable bonds is 11. The van der Waals surface area contributed by atoms with E-state index in [2.05, 4.69) is 5.32 Å². The summed E-state index contributed by atoms with van der Waals surface area (Å²) in [5, 5.41) is 27.3. The molecule has 2 rings (SSSR count). The third-order valence-electron chi connectivity index (χ3n) is 4.39. The molecule has 6 N–H and O–H groups in total. The van der Waals surface area contributed by atoms with Crippen molar-refractivity contribution in [3.05, 3.63) is 53.6 Å². The number of nitrogens with zero attached hydrogens (tertiary/aromatic N) is 1. The highest BCUT2D eigenvalue weighted by molar-refractivity contribution is 5.95. The molecule has 0 saturated heterocycles. The number of nitrogen functional groups attached to an aromatic ring is 1. The zero-order valence-electron chi connectivity index (χ0n) is 19.9. The van der Waals surface area contributed by atoms with Gasteiger partial charge in [0.2, 0.25) is 0 Å². The Morgan fingerprint density at radius 2 is 1.67 bits per heavy atom. The van der Waals surface area contributed by atoms with E-state index in [1.165, 1.54) is 0 Å². The average Bonchev–Trinajstić information content (AvgIpc) is 2.78. The summed E-state index contributed by atoms with van der Waals surface area (Å²) in [6.45, 7) is 3.54. The van der Waals surface area contributed by atoms with Crippen LogP contribution < -0.4 is 20.5 Å². The third kappa shape index (κ3) is 10.1. The van der Waals surface area contributed by atoms with Crippen LogP contribution >= 0.6 is 0 Å². The molecule has 0 bridgehead atoms. The van der Waals surface area contributed by atoms with E-state index < -0.39 is 24.2 Å². The number of aliphatic carboxylic acids is 2. The van der Waals surface area contributed by atoms with E-state index in [1.54, 1.807) is 42.5 Å². The Balaban J connectivity index is 0.000000809. The van der Waals surface area contributed by atoms with Crippen molar-refractivity contribution in [2.24, 2.45) is 5.73 Å². The molecule has 36 heavy (non-hydrogen) atoms. The van der Waals surface area contributed by atoms with E-state index in [9.17, 15) is 23.1 Å². The molecule has 0 aromatic heterocycles. The Labute approximate surface area is 205 Å². The lowest BCUT2D eigenvalue weighted by molar-refractivity contribution is -0.192. The number of carbonyl (C=O) groups is 2. The van der Waals surface area contributed by atoms with E-state index >= 15 is 0 Å². The maximum absolute atomic E-state index is 11.9. The van der Waals surface area contributed by atoms with Crippen molar-refractivity contribution in [1.82, 2.24) is 4.90 Å². The summed E-state index contributed by atoms with van der Waals surface area (Å²) in [4.78, 5) is 22.8. The van der Waals surface area contributed by atoms with Gasteiger partial charge in [-0.3, -0.25) is 5.41 Å². The molecule has 198 valence electrons. The summed E-state index contributed by atoms with van der Waals surface area (Å²) in [7, 11) is 3.92. The predicted molar refractivity (Wildman–Crippen MR) is 127 cm³/mol. The summed E-state index contributed by atoms with van der Waals surface area (Å²) >= 11 is 0. The molecule has 0 aliphatic carbocycles. The van der Waals surface area contributed by atoms with Crippen molar-refractivity contribution in [2.75, 3.05) is 39.2 Å². The molecule has 0 aliphatic heterocycles. The molecule has 0 amide bonds. The Bertz CT molecular complexity index is 1030. The van der Waals surface area contributed by atoms with Crippen molar-refractivity contribution in [1.29, 1.82) is 5.41 Å². The van der Waals surface area contributed by atoms with Crippen LogP contribution in [-0.2, 0) is 9.59 Å². The predicted octanol–water partition coefficient (Wildman–Crippen LogP) is 3.18. The van der Waals surface area contributed by atoms with Gasteiger partial charge < -0.3 is 35.6 Å². The number of hydrogen-bond acceptors (Lipinski definition) is 7. The standard InChI is InChI=1S/C21H28N4O4.C2HF3O2/c1-4-28-18-13-15(7-10-17(18)29-12-11-25(2)3)19(21(26)27)24-16-8-5-14(6-9-16)20(22)23;3-2(4,5)1(6)7/h5-10,13,19,24H,4,11-12H2,1-3H3,(H3,22,23)(H,26,27);(H,6,7). The number of anilines is 1. The van der Waals surface area contributed by atoms with Gasteiger partial charge in [-0.2, -0.15) is 13.2 Å². The van der Waals surface area contributed by atoms with Gasteiger partial charge in [-0.1, -0.05) is 6.07 Å². The number of nitrogens with two attached hydrogens (primary N) is 1. The number of amidine groups is 1. The van der Waals surface area contributed by atoms with E-state index in [0.717, 1.165) is 6.54 Å². The number of halogens is 3. The molecule has 13 heteroatoms. The third-order valence-corrected chi connectivity index (χ3v) is 4.39. The molecule has 0 saturated carbocycles. The molecule has 0 aliphatic rings. The first-order valence-corrected chi connectivity index (χ1v) is 10.5. The van der Waals surface area contributed by atoms with E-state index in [-0.39, 0.29) is 5.84 Å². The molecule has 0 spiro atoms. The highest BCUT2D eigenvalue weighted by Gasteiger charge is 2.38. The molecule has 0 heterocycles. The molecule has 2 aromatic carbocycles. The van der Waals surface area contributed by atoms with Gasteiger partial charge in [-0.15, -0.1) is 0 Å². The molecular weight excluding hydrogens is 485 g/mol. The Morgan fingerprint density at radius 3 is 2.11 bits per heavy atom. The van der Waals surface area contributed by atoms with Crippen LogP contribution in [0.4, 0.5) is 18.9 Å². The lowest BCUT2D eigenvalue weighted by Gasteiger charge is -2.19. The number of carboxylic acid groups (broad SMARTS) is 2. The topological polar surface area (TPSA) is 158 Å². The highest BCUT2D eigenvalue weighted by Crippen LogP contribution is 2.32. The minimum atomic E-state index is -5.08. The van der Waals surface area contributed by atoms with E-state index in [4.69, 9.17) is 30.5 Å². The number of carboxylic acids is 2. The lowest BCUT2D eigenvalue weighted by atomic mass is 10.1. The molecule has 2 aromatic rings. The van der Waals surface area contributed by atoms with Crippen molar-refractivity contribution < 1.29 is 42.4 Å². The van der Waals surface area contributed by atoms with Crippen LogP contribution in [0.25, 0.3) is 0 Å². The Hall–Kier alpha value is -4.00. The van der Waals surface area contributed by atoms with Gasteiger partial charge in [0.15, 0.2) is 17.5 Å². The van der Waals surface area contributed by atoms with Gasteiger partial charge in [-0.25, -0.2) is 9.59 Å². The average molecular weight is 515 g/mol.